The van der Waals surface area contributed by atoms with Gasteiger partial charge in [0.15, 0.2) is 0 Å². The van der Waals surface area contributed by atoms with Crippen LogP contribution in [0.25, 0.3) is 22.3 Å². The van der Waals surface area contributed by atoms with E-state index in [-0.39, 0.29) is 26.7 Å². The lowest BCUT2D eigenvalue weighted by Gasteiger charge is -2.48. The van der Waals surface area contributed by atoms with Crippen LogP contribution in [0.2, 0.25) is 0 Å². The first-order valence-electron chi connectivity index (χ1n) is 27.2. The standard InChI is InChI=1S/C36H37NO2.C35H35NO3.2CH4/c1-6-26(2)33(34(38)39-35(3,4)5)37(25-27-17-9-7-10-18-27)36(28-19-11-8-12-20-28)31-23-15-13-21-29(31)30-22-14-16-24-32(30)36;1-25(24-37)32(33(38)39-34(2,3)4)36(23-26-15-7-5-8-16-26)35(27-17-9-6-10-18-27)30-21-13-11-19-28(30)29-20-12-14-22-31(29)35;;/h6-24,26,33H,1,25H2,2-5H3;5-22,24-25,32H,23H2,1-4H3;2*1H4/t26-,33-;25-,32-;;/m00../s1. The quantitative estimate of drug-likeness (QED) is 0.0542. The summed E-state index contributed by atoms with van der Waals surface area (Å²) < 4.78 is 12.1. The van der Waals surface area contributed by atoms with Gasteiger partial charge in [0.2, 0.25) is 0 Å². The largest absolute Gasteiger partial charge is 0.459 e. The van der Waals surface area contributed by atoms with Crippen molar-refractivity contribution in [2.24, 2.45) is 11.8 Å². The second kappa shape index (κ2) is 25.0. The minimum Gasteiger partial charge on any atom is -0.459 e. The average molecular weight is 1070 g/mol. The fourth-order valence-corrected chi connectivity index (χ4v) is 11.9. The normalized spacial score (nSPS) is 14.8. The first kappa shape index (κ1) is 59.7. The molecule has 10 rings (SSSR count). The van der Waals surface area contributed by atoms with E-state index < -0.39 is 46.3 Å². The summed E-state index contributed by atoms with van der Waals surface area (Å²) in [5, 5.41) is 0. The van der Waals surface area contributed by atoms with Crippen LogP contribution < -0.4 is 0 Å². The van der Waals surface area contributed by atoms with Crippen molar-refractivity contribution in [2.45, 2.75) is 118 Å². The van der Waals surface area contributed by atoms with E-state index in [9.17, 15) is 14.4 Å². The zero-order chi connectivity index (χ0) is 55.2. The third-order valence-corrected chi connectivity index (χ3v) is 15.0. The molecule has 80 heavy (non-hydrogen) atoms. The summed E-state index contributed by atoms with van der Waals surface area (Å²) >= 11 is 0. The van der Waals surface area contributed by atoms with Gasteiger partial charge in [-0.15, -0.1) is 6.58 Å². The molecule has 2 aliphatic rings. The van der Waals surface area contributed by atoms with Crippen molar-refractivity contribution in [1.82, 2.24) is 9.80 Å². The number of aldehydes is 1. The molecule has 412 valence electrons. The molecule has 0 aromatic heterocycles. The number of hydrogen-bond acceptors (Lipinski definition) is 7. The Bertz CT molecular complexity index is 3040. The molecular formula is C73H80N2O5. The van der Waals surface area contributed by atoms with E-state index in [0.29, 0.717) is 13.1 Å². The molecule has 8 aromatic rings. The van der Waals surface area contributed by atoms with Crippen LogP contribution in [0.4, 0.5) is 0 Å². The first-order valence-corrected chi connectivity index (χ1v) is 27.2. The van der Waals surface area contributed by atoms with Gasteiger partial charge in [-0.1, -0.05) is 253 Å². The maximum Gasteiger partial charge on any atom is 0.324 e. The van der Waals surface area contributed by atoms with Gasteiger partial charge < -0.3 is 14.3 Å². The number of ether oxygens (including phenoxy) is 2. The van der Waals surface area contributed by atoms with E-state index >= 15 is 0 Å². The van der Waals surface area contributed by atoms with Gasteiger partial charge in [0.1, 0.15) is 29.6 Å². The van der Waals surface area contributed by atoms with Crippen molar-refractivity contribution in [3.63, 3.8) is 0 Å². The molecule has 0 saturated heterocycles. The second-order valence-electron chi connectivity index (χ2n) is 22.6. The highest BCUT2D eigenvalue weighted by atomic mass is 16.6. The van der Waals surface area contributed by atoms with Crippen molar-refractivity contribution in [3.05, 3.63) is 276 Å². The van der Waals surface area contributed by atoms with Gasteiger partial charge in [-0.05, 0) is 108 Å². The van der Waals surface area contributed by atoms with E-state index in [1.54, 1.807) is 0 Å². The molecule has 8 aromatic carbocycles. The third-order valence-electron chi connectivity index (χ3n) is 15.0. The molecule has 4 atom stereocenters. The zero-order valence-electron chi connectivity index (χ0n) is 46.3. The van der Waals surface area contributed by atoms with Gasteiger partial charge >= 0.3 is 11.9 Å². The Morgan fingerprint density at radius 2 is 0.700 bits per heavy atom. The van der Waals surface area contributed by atoms with E-state index in [2.05, 4.69) is 193 Å². The number of hydrogen-bond donors (Lipinski definition) is 0. The highest BCUT2D eigenvalue weighted by molar-refractivity contribution is 5.87. The van der Waals surface area contributed by atoms with Gasteiger partial charge in [0.25, 0.3) is 0 Å². The number of carbonyl (C=O) groups excluding carboxylic acids is 3. The summed E-state index contributed by atoms with van der Waals surface area (Å²) in [6.07, 6.45) is 2.75. The van der Waals surface area contributed by atoms with Crippen LogP contribution in [0, 0.1) is 11.8 Å². The maximum absolute atomic E-state index is 14.2. The van der Waals surface area contributed by atoms with Gasteiger partial charge in [-0.2, -0.15) is 0 Å². The van der Waals surface area contributed by atoms with Crippen LogP contribution in [-0.4, -0.2) is 51.3 Å². The van der Waals surface area contributed by atoms with Crippen molar-refractivity contribution in [2.75, 3.05) is 0 Å². The molecule has 0 bridgehead atoms. The Balaban J connectivity index is 0.000000225. The molecule has 0 spiro atoms. The summed E-state index contributed by atoms with van der Waals surface area (Å²) in [6.45, 7) is 20.3. The number of esters is 2. The Morgan fingerprint density at radius 3 is 0.975 bits per heavy atom. The molecule has 0 heterocycles. The van der Waals surface area contributed by atoms with E-state index in [4.69, 9.17) is 9.47 Å². The molecule has 7 nitrogen and oxygen atoms in total. The minimum absolute atomic E-state index is 0. The summed E-state index contributed by atoms with van der Waals surface area (Å²) in [4.78, 5) is 45.4. The van der Waals surface area contributed by atoms with Crippen LogP contribution in [0.1, 0.15) is 115 Å². The Kier molecular flexibility index (Phi) is 18.7. The Morgan fingerprint density at radius 1 is 0.438 bits per heavy atom. The molecular weight excluding hydrogens is 985 g/mol. The van der Waals surface area contributed by atoms with E-state index in [1.807, 2.05) is 103 Å². The highest BCUT2D eigenvalue weighted by Gasteiger charge is 2.55. The lowest BCUT2D eigenvalue weighted by molar-refractivity contribution is -0.167. The first-order chi connectivity index (χ1) is 37.5. The molecule has 0 fully saturated rings. The smallest absolute Gasteiger partial charge is 0.324 e. The molecule has 0 amide bonds. The molecule has 0 saturated carbocycles. The van der Waals surface area contributed by atoms with E-state index in [0.717, 1.165) is 61.9 Å². The highest BCUT2D eigenvalue weighted by Crippen LogP contribution is 2.57. The molecule has 2 aliphatic carbocycles. The summed E-state index contributed by atoms with van der Waals surface area (Å²) in [5.74, 6) is -1.45. The predicted octanol–water partition coefficient (Wildman–Crippen LogP) is 16.3. The summed E-state index contributed by atoms with van der Waals surface area (Å²) in [6, 6.07) is 74.0. The van der Waals surface area contributed by atoms with Crippen LogP contribution >= 0.6 is 0 Å². The summed E-state index contributed by atoms with van der Waals surface area (Å²) in [5.41, 5.74) is 10.5. The van der Waals surface area contributed by atoms with Crippen LogP contribution in [-0.2, 0) is 48.0 Å². The maximum atomic E-state index is 14.2. The number of fused-ring (bicyclic) bond motifs is 6. The van der Waals surface area contributed by atoms with Gasteiger partial charge in [-0.3, -0.25) is 19.4 Å². The van der Waals surface area contributed by atoms with E-state index in [1.165, 1.54) is 11.1 Å². The molecule has 0 radical (unpaired) electrons. The molecule has 0 aliphatic heterocycles. The van der Waals surface area contributed by atoms with Crippen molar-refractivity contribution >= 4 is 18.2 Å². The third kappa shape index (κ3) is 11.5. The fraction of sp³-hybridized carbons (Fsp3) is 0.274. The lowest BCUT2D eigenvalue weighted by Crippen LogP contribution is -2.57. The fourth-order valence-electron chi connectivity index (χ4n) is 11.9. The number of rotatable bonds is 16. The zero-order valence-corrected chi connectivity index (χ0v) is 46.3. The topological polar surface area (TPSA) is 76.1 Å². The van der Waals surface area contributed by atoms with Gasteiger partial charge in [0.05, 0.1) is 11.1 Å². The van der Waals surface area contributed by atoms with Crippen LogP contribution in [0.15, 0.2) is 231 Å². The Hall–Kier alpha value is -7.97. The monoisotopic (exact) mass is 1060 g/mol. The van der Waals surface area contributed by atoms with Crippen molar-refractivity contribution < 1.29 is 23.9 Å². The van der Waals surface area contributed by atoms with Gasteiger partial charge in [0, 0.05) is 24.9 Å². The van der Waals surface area contributed by atoms with Gasteiger partial charge in [-0.25, -0.2) is 0 Å². The van der Waals surface area contributed by atoms with Crippen molar-refractivity contribution in [1.29, 1.82) is 0 Å². The molecule has 0 N–H and O–H groups in total. The van der Waals surface area contributed by atoms with Crippen LogP contribution in [0.5, 0.6) is 0 Å². The molecule has 7 heteroatoms. The minimum atomic E-state index is -0.846. The van der Waals surface area contributed by atoms with Crippen molar-refractivity contribution in [3.8, 4) is 22.3 Å². The number of carbonyl (C=O) groups is 3. The Labute approximate surface area is 477 Å². The summed E-state index contributed by atoms with van der Waals surface area (Å²) in [7, 11) is 0. The number of nitrogens with zero attached hydrogens (tertiary/aromatic N) is 2. The van der Waals surface area contributed by atoms with Crippen LogP contribution in [0.3, 0.4) is 0 Å². The number of benzene rings is 8. The lowest BCUT2D eigenvalue weighted by atomic mass is 9.76. The predicted molar refractivity (Wildman–Crippen MR) is 328 cm³/mol. The SMILES string of the molecule is C.C.C=C[C@H](C)[C@@H](C(=O)OC(C)(C)C)N(Cc1ccccc1)C1(c2ccccc2)c2ccccc2-c2ccccc21.C[C@@H](C=O)[C@@H](C(=O)OC(C)(C)C)N(Cc1ccccc1)C1(c2ccccc2)c2ccccc2-c2ccccc21. The molecule has 0 unspecified atom stereocenters. The average Bonchev–Trinajstić information content (AvgIpc) is 3.71. The second-order valence-corrected chi connectivity index (χ2v) is 22.6.